The summed E-state index contributed by atoms with van der Waals surface area (Å²) in [5, 5.41) is 0.510. The van der Waals surface area contributed by atoms with Crippen molar-refractivity contribution in [3.63, 3.8) is 0 Å². The molecule has 20 heavy (non-hydrogen) atoms. The number of benzene rings is 1. The number of hydrogen-bond donors (Lipinski definition) is 1. The Balaban J connectivity index is 2.39. The summed E-state index contributed by atoms with van der Waals surface area (Å²) in [4.78, 5) is 9.11. The van der Waals surface area contributed by atoms with Gasteiger partial charge in [-0.3, -0.25) is 0 Å². The molecule has 2 rings (SSSR count). The van der Waals surface area contributed by atoms with E-state index < -0.39 is 5.82 Å². The fraction of sp³-hybridized carbons (Fsp3) is 0.286. The van der Waals surface area contributed by atoms with Crippen molar-refractivity contribution >= 4 is 17.4 Å². The Morgan fingerprint density at radius 2 is 1.75 bits per heavy atom. The van der Waals surface area contributed by atoms with Crippen LogP contribution in [0.3, 0.4) is 0 Å². The Bertz CT molecular complexity index is 638. The molecule has 1 aromatic heterocycles. The lowest BCUT2D eigenvalue weighted by Gasteiger charge is -2.10. The van der Waals surface area contributed by atoms with Crippen LogP contribution in [-0.4, -0.2) is 17.1 Å². The standard InChI is InChI=1S/C14H16FN3OS/c1-7-8(2)17-14(18-9(7)3)20-13-6-12(19-4)11(16)5-10(13)15/h5-6H,16H2,1-4H3. The van der Waals surface area contributed by atoms with E-state index in [9.17, 15) is 4.39 Å². The van der Waals surface area contributed by atoms with Gasteiger partial charge < -0.3 is 10.5 Å². The van der Waals surface area contributed by atoms with Crippen molar-refractivity contribution in [2.75, 3.05) is 12.8 Å². The van der Waals surface area contributed by atoms with Gasteiger partial charge in [-0.25, -0.2) is 14.4 Å². The highest BCUT2D eigenvalue weighted by molar-refractivity contribution is 7.99. The van der Waals surface area contributed by atoms with Crippen molar-refractivity contribution < 1.29 is 9.13 Å². The van der Waals surface area contributed by atoms with Gasteiger partial charge in [0.2, 0.25) is 0 Å². The monoisotopic (exact) mass is 293 g/mol. The topological polar surface area (TPSA) is 61.0 Å². The second kappa shape index (κ2) is 5.66. The fourth-order valence-corrected chi connectivity index (χ4v) is 2.57. The average Bonchev–Trinajstić information content (AvgIpc) is 2.39. The highest BCUT2D eigenvalue weighted by Crippen LogP contribution is 2.34. The molecule has 0 saturated heterocycles. The molecule has 0 amide bonds. The van der Waals surface area contributed by atoms with Gasteiger partial charge in [0, 0.05) is 17.5 Å². The Kier molecular flexibility index (Phi) is 4.13. The quantitative estimate of drug-likeness (QED) is 0.695. The summed E-state index contributed by atoms with van der Waals surface area (Å²) >= 11 is 1.16. The first-order valence-corrected chi connectivity index (χ1v) is 6.86. The molecule has 0 saturated carbocycles. The van der Waals surface area contributed by atoms with E-state index >= 15 is 0 Å². The van der Waals surface area contributed by atoms with Crippen LogP contribution in [0, 0.1) is 26.6 Å². The molecule has 4 nitrogen and oxygen atoms in total. The van der Waals surface area contributed by atoms with E-state index in [1.54, 1.807) is 6.07 Å². The van der Waals surface area contributed by atoms with E-state index in [-0.39, 0.29) is 5.69 Å². The van der Waals surface area contributed by atoms with E-state index in [4.69, 9.17) is 10.5 Å². The molecule has 0 spiro atoms. The molecule has 1 aromatic carbocycles. The number of methoxy groups -OCH3 is 1. The van der Waals surface area contributed by atoms with Crippen molar-refractivity contribution in [3.05, 3.63) is 34.9 Å². The van der Waals surface area contributed by atoms with Crippen molar-refractivity contribution in [1.82, 2.24) is 9.97 Å². The minimum Gasteiger partial charge on any atom is -0.495 e. The Labute approximate surface area is 121 Å². The zero-order valence-electron chi connectivity index (χ0n) is 11.8. The highest BCUT2D eigenvalue weighted by atomic mass is 32.2. The number of aromatic nitrogens is 2. The fourth-order valence-electron chi connectivity index (χ4n) is 1.69. The third kappa shape index (κ3) is 2.85. The number of nitrogens with zero attached hydrogens (tertiary/aromatic N) is 2. The molecule has 0 unspecified atom stereocenters. The largest absolute Gasteiger partial charge is 0.495 e. The number of ether oxygens (including phenoxy) is 1. The maximum absolute atomic E-state index is 13.9. The first kappa shape index (κ1) is 14.6. The second-order valence-corrected chi connectivity index (χ2v) is 5.44. The molecule has 6 heteroatoms. The molecule has 0 aliphatic rings. The van der Waals surface area contributed by atoms with Crippen LogP contribution < -0.4 is 10.5 Å². The van der Waals surface area contributed by atoms with Gasteiger partial charge in [0.05, 0.1) is 17.7 Å². The number of halogens is 1. The molecule has 2 aromatic rings. The molecule has 106 valence electrons. The lowest BCUT2D eigenvalue weighted by atomic mass is 10.2. The van der Waals surface area contributed by atoms with E-state index in [1.807, 2.05) is 20.8 Å². The Morgan fingerprint density at radius 3 is 2.30 bits per heavy atom. The van der Waals surface area contributed by atoms with Crippen molar-refractivity contribution in [1.29, 1.82) is 0 Å². The van der Waals surface area contributed by atoms with E-state index in [2.05, 4.69) is 9.97 Å². The third-order valence-corrected chi connectivity index (χ3v) is 4.00. The molecule has 0 atom stereocenters. The second-order valence-electron chi connectivity index (χ2n) is 4.43. The maximum Gasteiger partial charge on any atom is 0.192 e. The van der Waals surface area contributed by atoms with Crippen LogP contribution in [0.1, 0.15) is 17.0 Å². The lowest BCUT2D eigenvalue weighted by Crippen LogP contribution is -1.99. The van der Waals surface area contributed by atoms with Crippen molar-refractivity contribution in [2.45, 2.75) is 30.8 Å². The van der Waals surface area contributed by atoms with Crippen LogP contribution >= 0.6 is 11.8 Å². The minimum atomic E-state index is -0.409. The van der Waals surface area contributed by atoms with Gasteiger partial charge in [0.15, 0.2) is 5.16 Å². The van der Waals surface area contributed by atoms with Gasteiger partial charge in [-0.1, -0.05) is 0 Å². The van der Waals surface area contributed by atoms with Gasteiger partial charge in [-0.2, -0.15) is 0 Å². The molecule has 2 N–H and O–H groups in total. The zero-order chi connectivity index (χ0) is 14.9. The first-order chi connectivity index (χ1) is 9.42. The summed E-state index contributed by atoms with van der Waals surface area (Å²) in [6.45, 7) is 5.79. The van der Waals surface area contributed by atoms with Gasteiger partial charge in [0.1, 0.15) is 11.6 Å². The molecular weight excluding hydrogens is 277 g/mol. The molecule has 1 heterocycles. The van der Waals surface area contributed by atoms with Crippen LogP contribution in [0.15, 0.2) is 22.2 Å². The minimum absolute atomic E-state index is 0.270. The van der Waals surface area contributed by atoms with Crippen LogP contribution in [0.4, 0.5) is 10.1 Å². The smallest absolute Gasteiger partial charge is 0.192 e. The first-order valence-electron chi connectivity index (χ1n) is 6.05. The number of hydrogen-bond acceptors (Lipinski definition) is 5. The molecule has 0 aliphatic heterocycles. The number of nitrogen functional groups attached to an aromatic ring is 1. The van der Waals surface area contributed by atoms with E-state index in [0.717, 1.165) is 28.7 Å². The van der Waals surface area contributed by atoms with Crippen LogP contribution in [-0.2, 0) is 0 Å². The summed E-state index contributed by atoms with van der Waals surface area (Å²) in [6.07, 6.45) is 0. The predicted octanol–water partition coefficient (Wildman–Crippen LogP) is 3.28. The molecule has 0 radical (unpaired) electrons. The van der Waals surface area contributed by atoms with Crippen LogP contribution in [0.5, 0.6) is 5.75 Å². The highest BCUT2D eigenvalue weighted by Gasteiger charge is 2.13. The Morgan fingerprint density at radius 1 is 1.15 bits per heavy atom. The summed E-state index contributed by atoms with van der Waals surface area (Å²) in [5.74, 6) is 0.0298. The number of anilines is 1. The van der Waals surface area contributed by atoms with Crippen LogP contribution in [0.2, 0.25) is 0 Å². The van der Waals surface area contributed by atoms with Crippen LogP contribution in [0.25, 0.3) is 0 Å². The lowest BCUT2D eigenvalue weighted by molar-refractivity contribution is 0.414. The normalized spacial score (nSPS) is 10.7. The van der Waals surface area contributed by atoms with Gasteiger partial charge in [-0.05, 0) is 44.2 Å². The van der Waals surface area contributed by atoms with Gasteiger partial charge >= 0.3 is 0 Å². The maximum atomic E-state index is 13.9. The van der Waals surface area contributed by atoms with E-state index in [0.29, 0.717) is 15.8 Å². The zero-order valence-corrected chi connectivity index (χ0v) is 12.6. The van der Waals surface area contributed by atoms with Crippen molar-refractivity contribution in [3.8, 4) is 5.75 Å². The molecular formula is C14H16FN3OS. The van der Waals surface area contributed by atoms with Gasteiger partial charge in [-0.15, -0.1) is 0 Å². The number of rotatable bonds is 3. The average molecular weight is 293 g/mol. The van der Waals surface area contributed by atoms with E-state index in [1.165, 1.54) is 13.2 Å². The molecule has 0 bridgehead atoms. The predicted molar refractivity (Wildman–Crippen MR) is 77.7 cm³/mol. The molecule has 0 aliphatic carbocycles. The summed E-state index contributed by atoms with van der Waals surface area (Å²) in [6, 6.07) is 2.80. The summed E-state index contributed by atoms with van der Waals surface area (Å²) in [5.41, 5.74) is 8.76. The SMILES string of the molecule is COc1cc(Sc2nc(C)c(C)c(C)n2)c(F)cc1N. The third-order valence-electron chi connectivity index (χ3n) is 3.10. The van der Waals surface area contributed by atoms with Crippen molar-refractivity contribution in [2.24, 2.45) is 0 Å². The summed E-state index contributed by atoms with van der Waals surface area (Å²) < 4.78 is 19.0. The number of aryl methyl sites for hydroxylation is 2. The van der Waals surface area contributed by atoms with Gasteiger partial charge in [0.25, 0.3) is 0 Å². The summed E-state index contributed by atoms with van der Waals surface area (Å²) in [7, 11) is 1.49. The molecule has 0 fully saturated rings. The number of nitrogens with two attached hydrogens (primary N) is 1. The Hall–Kier alpha value is -1.82.